The van der Waals surface area contributed by atoms with Gasteiger partial charge in [-0.2, -0.15) is 0 Å². The molecule has 0 saturated carbocycles. The van der Waals surface area contributed by atoms with Crippen LogP contribution < -0.4 is 5.32 Å². The third-order valence-electron chi connectivity index (χ3n) is 5.10. The van der Waals surface area contributed by atoms with Crippen LogP contribution in [0.15, 0.2) is 30.3 Å². The molecule has 0 heterocycles. The Balaban J connectivity index is 1.67. The Morgan fingerprint density at radius 3 is 1.50 bits per heavy atom. The highest BCUT2D eigenvalue weighted by molar-refractivity contribution is 5.67. The zero-order valence-corrected chi connectivity index (χ0v) is 23.2. The molecule has 0 atom stereocenters. The summed E-state index contributed by atoms with van der Waals surface area (Å²) in [4.78, 5) is 11.6. The Morgan fingerprint density at radius 1 is 0.579 bits per heavy atom. The Labute approximate surface area is 228 Å². The van der Waals surface area contributed by atoms with Crippen molar-refractivity contribution in [3.05, 3.63) is 35.9 Å². The van der Waals surface area contributed by atoms with E-state index in [4.69, 9.17) is 37.9 Å². The van der Waals surface area contributed by atoms with E-state index >= 15 is 0 Å². The van der Waals surface area contributed by atoms with Gasteiger partial charge in [-0.25, -0.2) is 4.79 Å². The van der Waals surface area contributed by atoms with Crippen LogP contribution in [0.1, 0.15) is 38.2 Å². The standard InChI is InChI=1S/C28H49NO9/c1-2-3-4-8-12-31-14-16-33-18-20-35-22-24-37-25-23-36-21-19-34-17-15-32-13-11-29-28(30)38-26-27-9-6-5-7-10-27/h5-7,9-10H,2-4,8,11-26H2,1H3,(H,29,30). The van der Waals surface area contributed by atoms with Gasteiger partial charge in [0, 0.05) is 13.2 Å². The number of unbranched alkanes of at least 4 members (excludes halogenated alkanes) is 3. The zero-order valence-electron chi connectivity index (χ0n) is 23.2. The number of amides is 1. The fraction of sp³-hybridized carbons (Fsp3) is 0.750. The van der Waals surface area contributed by atoms with E-state index in [0.29, 0.717) is 92.4 Å². The predicted molar refractivity (Wildman–Crippen MR) is 145 cm³/mol. The van der Waals surface area contributed by atoms with Crippen LogP contribution >= 0.6 is 0 Å². The van der Waals surface area contributed by atoms with Gasteiger partial charge < -0.3 is 43.2 Å². The molecule has 0 bridgehead atoms. The monoisotopic (exact) mass is 543 g/mol. The first kappa shape index (κ1) is 34.2. The molecule has 0 saturated heterocycles. The lowest BCUT2D eigenvalue weighted by Crippen LogP contribution is -2.28. The minimum atomic E-state index is -0.461. The fourth-order valence-corrected chi connectivity index (χ4v) is 3.05. The molecule has 1 rings (SSSR count). The summed E-state index contributed by atoms with van der Waals surface area (Å²) in [6.07, 6.45) is 4.43. The number of carbonyl (C=O) groups excluding carboxylic acids is 1. The maximum absolute atomic E-state index is 11.6. The summed E-state index contributed by atoms with van der Waals surface area (Å²) in [6.45, 7) is 10.4. The Hall–Kier alpha value is -1.79. The Morgan fingerprint density at radius 2 is 1.03 bits per heavy atom. The lowest BCUT2D eigenvalue weighted by Gasteiger charge is -2.09. The van der Waals surface area contributed by atoms with Crippen LogP contribution in [0, 0.1) is 0 Å². The molecule has 1 N–H and O–H groups in total. The molecule has 38 heavy (non-hydrogen) atoms. The molecule has 0 aliphatic rings. The molecule has 0 radical (unpaired) electrons. The summed E-state index contributed by atoms with van der Waals surface area (Å²) in [5, 5.41) is 2.64. The van der Waals surface area contributed by atoms with Crippen molar-refractivity contribution in [3.63, 3.8) is 0 Å². The van der Waals surface area contributed by atoms with Crippen LogP contribution in [0.25, 0.3) is 0 Å². The van der Waals surface area contributed by atoms with Crippen molar-refractivity contribution in [1.82, 2.24) is 5.32 Å². The van der Waals surface area contributed by atoms with Gasteiger partial charge in [0.2, 0.25) is 0 Å². The molecule has 0 unspecified atom stereocenters. The summed E-state index contributed by atoms with van der Waals surface area (Å²) in [5.41, 5.74) is 0.944. The summed E-state index contributed by atoms with van der Waals surface area (Å²) in [7, 11) is 0. The average Bonchev–Trinajstić information content (AvgIpc) is 2.94. The van der Waals surface area contributed by atoms with Crippen molar-refractivity contribution in [2.45, 2.75) is 39.2 Å². The first-order chi connectivity index (χ1) is 18.8. The highest BCUT2D eigenvalue weighted by Crippen LogP contribution is 2.00. The normalized spacial score (nSPS) is 11.1. The van der Waals surface area contributed by atoms with Crippen molar-refractivity contribution < 1.29 is 42.7 Å². The number of hydrogen-bond acceptors (Lipinski definition) is 9. The minimum Gasteiger partial charge on any atom is -0.445 e. The summed E-state index contributed by atoms with van der Waals surface area (Å²) in [6, 6.07) is 9.53. The summed E-state index contributed by atoms with van der Waals surface area (Å²) < 4.78 is 43.3. The summed E-state index contributed by atoms with van der Waals surface area (Å²) >= 11 is 0. The van der Waals surface area contributed by atoms with Gasteiger partial charge in [0.1, 0.15) is 6.61 Å². The molecule has 0 aromatic heterocycles. The molecule has 0 spiro atoms. The van der Waals surface area contributed by atoms with E-state index in [0.717, 1.165) is 18.6 Å². The van der Waals surface area contributed by atoms with Crippen molar-refractivity contribution in [3.8, 4) is 0 Å². The number of benzene rings is 1. The summed E-state index contributed by atoms with van der Waals surface area (Å²) in [5.74, 6) is 0. The van der Waals surface area contributed by atoms with Gasteiger partial charge in [-0.1, -0.05) is 56.5 Å². The van der Waals surface area contributed by atoms with Gasteiger partial charge in [0.15, 0.2) is 0 Å². The van der Waals surface area contributed by atoms with E-state index in [1.165, 1.54) is 19.3 Å². The van der Waals surface area contributed by atoms with Crippen LogP contribution in [0.2, 0.25) is 0 Å². The molecular weight excluding hydrogens is 494 g/mol. The third kappa shape index (κ3) is 24.5. The van der Waals surface area contributed by atoms with Gasteiger partial charge in [0.25, 0.3) is 0 Å². The largest absolute Gasteiger partial charge is 0.445 e. The van der Waals surface area contributed by atoms with E-state index < -0.39 is 6.09 Å². The lowest BCUT2D eigenvalue weighted by atomic mass is 10.2. The number of hydrogen-bond donors (Lipinski definition) is 1. The Bertz CT molecular complexity index is 622. The second-order valence-electron chi connectivity index (χ2n) is 8.34. The molecule has 10 heteroatoms. The first-order valence-corrected chi connectivity index (χ1v) is 13.8. The molecule has 0 fully saturated rings. The molecule has 220 valence electrons. The third-order valence-corrected chi connectivity index (χ3v) is 5.10. The number of carbonyl (C=O) groups is 1. The van der Waals surface area contributed by atoms with Gasteiger partial charge in [-0.3, -0.25) is 0 Å². The van der Waals surface area contributed by atoms with E-state index in [1.54, 1.807) is 0 Å². The number of alkyl carbamates (subject to hydrolysis) is 1. The lowest BCUT2D eigenvalue weighted by molar-refractivity contribution is -0.0204. The predicted octanol–water partition coefficient (Wildman–Crippen LogP) is 3.61. The second kappa shape index (κ2) is 28.2. The van der Waals surface area contributed by atoms with Crippen molar-refractivity contribution in [1.29, 1.82) is 0 Å². The number of ether oxygens (including phenoxy) is 8. The SMILES string of the molecule is CCCCCCOCCOCCOCCOCCOCCOCCOCCNC(=O)OCc1ccccc1. The van der Waals surface area contributed by atoms with Crippen LogP contribution in [0.4, 0.5) is 4.79 Å². The second-order valence-corrected chi connectivity index (χ2v) is 8.34. The van der Waals surface area contributed by atoms with E-state index in [-0.39, 0.29) is 6.61 Å². The van der Waals surface area contributed by atoms with E-state index in [9.17, 15) is 4.79 Å². The molecule has 10 nitrogen and oxygen atoms in total. The topological polar surface area (TPSA) is 103 Å². The Kier molecular flexibility index (Phi) is 25.4. The first-order valence-electron chi connectivity index (χ1n) is 13.8. The fourth-order valence-electron chi connectivity index (χ4n) is 3.05. The van der Waals surface area contributed by atoms with E-state index in [1.807, 2.05) is 30.3 Å². The minimum absolute atomic E-state index is 0.246. The van der Waals surface area contributed by atoms with Crippen LogP contribution in [-0.2, 0) is 44.5 Å². The number of rotatable bonds is 28. The molecule has 1 aromatic carbocycles. The quantitative estimate of drug-likeness (QED) is 0.159. The van der Waals surface area contributed by atoms with Crippen LogP contribution in [-0.4, -0.2) is 105 Å². The van der Waals surface area contributed by atoms with Crippen molar-refractivity contribution in [2.24, 2.45) is 0 Å². The molecular formula is C28H49NO9. The van der Waals surface area contributed by atoms with Crippen molar-refractivity contribution in [2.75, 3.05) is 99.0 Å². The smallest absolute Gasteiger partial charge is 0.407 e. The maximum atomic E-state index is 11.6. The molecule has 1 aromatic rings. The van der Waals surface area contributed by atoms with Gasteiger partial charge in [-0.15, -0.1) is 0 Å². The maximum Gasteiger partial charge on any atom is 0.407 e. The zero-order chi connectivity index (χ0) is 27.2. The van der Waals surface area contributed by atoms with Crippen LogP contribution in [0.3, 0.4) is 0 Å². The van der Waals surface area contributed by atoms with E-state index in [2.05, 4.69) is 12.2 Å². The number of nitrogens with one attached hydrogen (secondary N) is 1. The molecule has 0 aliphatic carbocycles. The highest BCUT2D eigenvalue weighted by Gasteiger charge is 2.01. The molecule has 1 amide bonds. The van der Waals surface area contributed by atoms with Crippen LogP contribution in [0.5, 0.6) is 0 Å². The highest BCUT2D eigenvalue weighted by atomic mass is 16.6. The molecule has 0 aliphatic heterocycles. The van der Waals surface area contributed by atoms with Crippen molar-refractivity contribution >= 4 is 6.09 Å². The average molecular weight is 544 g/mol. The van der Waals surface area contributed by atoms with Gasteiger partial charge >= 0.3 is 6.09 Å². The van der Waals surface area contributed by atoms with Gasteiger partial charge in [0.05, 0.1) is 85.9 Å². The van der Waals surface area contributed by atoms with Gasteiger partial charge in [-0.05, 0) is 12.0 Å².